The summed E-state index contributed by atoms with van der Waals surface area (Å²) in [4.78, 5) is 21.2. The zero-order valence-electron chi connectivity index (χ0n) is 15.1. The number of pyridine rings is 1. The van der Waals surface area contributed by atoms with Gasteiger partial charge in [-0.15, -0.1) is 0 Å². The van der Waals surface area contributed by atoms with Gasteiger partial charge in [-0.25, -0.2) is 9.78 Å². The van der Waals surface area contributed by atoms with Crippen LogP contribution in [0.2, 0.25) is 0 Å². The maximum Gasteiger partial charge on any atom is 0.410 e. The number of ether oxygens (including phenoxy) is 1. The van der Waals surface area contributed by atoms with Crippen LogP contribution in [0, 0.1) is 0 Å². The van der Waals surface area contributed by atoms with E-state index in [1.165, 1.54) is 5.56 Å². The van der Waals surface area contributed by atoms with E-state index in [0.717, 1.165) is 12.2 Å². The van der Waals surface area contributed by atoms with Gasteiger partial charge >= 0.3 is 6.09 Å². The smallest absolute Gasteiger partial charge is 0.410 e. The quantitative estimate of drug-likeness (QED) is 0.855. The highest BCUT2D eigenvalue weighted by Gasteiger charge is 2.41. The topological polar surface area (TPSA) is 65.9 Å². The molecule has 1 amide bonds. The van der Waals surface area contributed by atoms with Crippen molar-refractivity contribution in [1.82, 2.24) is 9.88 Å². The number of hydrogen-bond donors (Lipinski definition) is 1. The lowest BCUT2D eigenvalue weighted by Crippen LogP contribution is -2.58. The van der Waals surface area contributed by atoms with E-state index in [2.05, 4.69) is 16.8 Å². The van der Waals surface area contributed by atoms with Crippen LogP contribution in [-0.4, -0.2) is 51.9 Å². The molecular weight excluding hydrogens is 306 g/mol. The van der Waals surface area contributed by atoms with Crippen LogP contribution in [0.15, 0.2) is 12.1 Å². The Kier molecular flexibility index (Phi) is 4.20. The van der Waals surface area contributed by atoms with E-state index < -0.39 is 11.7 Å². The van der Waals surface area contributed by atoms with Gasteiger partial charge in [0.15, 0.2) is 0 Å². The Morgan fingerprint density at radius 3 is 2.71 bits per heavy atom. The molecule has 0 radical (unpaired) electrons. The molecule has 0 bridgehead atoms. The number of aliphatic hydroxyl groups is 1. The normalized spacial score (nSPS) is 24.4. The molecule has 1 N–H and O–H groups in total. The Balaban J connectivity index is 1.79. The average Bonchev–Trinajstić information content (AvgIpc) is 2.82. The molecule has 1 saturated heterocycles. The van der Waals surface area contributed by atoms with Gasteiger partial charge in [0.1, 0.15) is 11.4 Å². The van der Waals surface area contributed by atoms with Gasteiger partial charge in [0, 0.05) is 19.1 Å². The molecular formula is C18H27N3O3. The summed E-state index contributed by atoms with van der Waals surface area (Å²) >= 11 is 0. The van der Waals surface area contributed by atoms with Crippen molar-refractivity contribution in [3.05, 3.63) is 23.4 Å². The number of amides is 1. The van der Waals surface area contributed by atoms with Gasteiger partial charge in [-0.2, -0.15) is 0 Å². The second-order valence-electron chi connectivity index (χ2n) is 7.89. The van der Waals surface area contributed by atoms with Crippen molar-refractivity contribution in [3.8, 4) is 0 Å². The molecule has 24 heavy (non-hydrogen) atoms. The van der Waals surface area contributed by atoms with Crippen molar-refractivity contribution >= 4 is 11.9 Å². The predicted molar refractivity (Wildman–Crippen MR) is 92.1 cm³/mol. The van der Waals surface area contributed by atoms with Crippen molar-refractivity contribution in [2.75, 3.05) is 18.0 Å². The first kappa shape index (κ1) is 17.0. The molecule has 3 rings (SSSR count). The summed E-state index contributed by atoms with van der Waals surface area (Å²) in [6.45, 7) is 10.7. The fourth-order valence-corrected chi connectivity index (χ4v) is 3.57. The molecule has 2 unspecified atom stereocenters. The minimum atomic E-state index is -0.576. The molecule has 3 heterocycles. The average molecular weight is 333 g/mol. The van der Waals surface area contributed by atoms with Gasteiger partial charge in [0.25, 0.3) is 0 Å². The third-order valence-corrected chi connectivity index (χ3v) is 4.54. The second kappa shape index (κ2) is 5.92. The van der Waals surface area contributed by atoms with Crippen LogP contribution in [0.1, 0.15) is 52.0 Å². The van der Waals surface area contributed by atoms with Gasteiger partial charge < -0.3 is 19.6 Å². The molecule has 1 aromatic rings. The summed E-state index contributed by atoms with van der Waals surface area (Å²) in [7, 11) is 0. The fraction of sp³-hybridized carbons (Fsp3) is 0.667. The molecule has 6 heteroatoms. The largest absolute Gasteiger partial charge is 0.444 e. The van der Waals surface area contributed by atoms with E-state index in [4.69, 9.17) is 4.74 Å². The molecule has 2 aliphatic rings. The monoisotopic (exact) mass is 333 g/mol. The second-order valence-corrected chi connectivity index (χ2v) is 7.89. The van der Waals surface area contributed by atoms with E-state index in [1.807, 2.05) is 32.9 Å². The molecule has 6 nitrogen and oxygen atoms in total. The summed E-state index contributed by atoms with van der Waals surface area (Å²) in [5.74, 6) is 0.953. The zero-order valence-corrected chi connectivity index (χ0v) is 15.1. The van der Waals surface area contributed by atoms with Gasteiger partial charge in [0.2, 0.25) is 0 Å². The summed E-state index contributed by atoms with van der Waals surface area (Å²) in [5, 5.41) is 9.79. The van der Waals surface area contributed by atoms with E-state index in [1.54, 1.807) is 11.8 Å². The van der Waals surface area contributed by atoms with Crippen LogP contribution in [0.3, 0.4) is 0 Å². The van der Waals surface area contributed by atoms with Crippen LogP contribution in [-0.2, 0) is 11.2 Å². The van der Waals surface area contributed by atoms with Crippen LogP contribution < -0.4 is 4.90 Å². The van der Waals surface area contributed by atoms with E-state index in [9.17, 15) is 9.90 Å². The minimum absolute atomic E-state index is 0.161. The highest BCUT2D eigenvalue weighted by atomic mass is 16.6. The molecule has 132 valence electrons. The van der Waals surface area contributed by atoms with Crippen molar-refractivity contribution in [2.24, 2.45) is 0 Å². The lowest BCUT2D eigenvalue weighted by molar-refractivity contribution is 0.0191. The molecule has 3 atom stereocenters. The third kappa shape index (κ3) is 3.20. The number of aromatic nitrogens is 1. The van der Waals surface area contributed by atoms with E-state index in [-0.39, 0.29) is 18.2 Å². The first-order chi connectivity index (χ1) is 11.2. The first-order valence-electron chi connectivity index (χ1n) is 8.60. The number of carbonyl (C=O) groups excluding carboxylic acids is 1. The Bertz CT molecular complexity index is 639. The van der Waals surface area contributed by atoms with Gasteiger partial charge in [-0.3, -0.25) is 0 Å². The Morgan fingerprint density at radius 2 is 2.08 bits per heavy atom. The number of carbonyl (C=O) groups is 1. The van der Waals surface area contributed by atoms with Crippen molar-refractivity contribution in [2.45, 2.75) is 64.8 Å². The number of hydrogen-bond acceptors (Lipinski definition) is 5. The Morgan fingerprint density at radius 1 is 1.38 bits per heavy atom. The molecule has 0 saturated carbocycles. The minimum Gasteiger partial charge on any atom is -0.444 e. The van der Waals surface area contributed by atoms with Crippen LogP contribution in [0.25, 0.3) is 0 Å². The SMILES string of the molecule is CC1CN(C(=O)OC(C)(C)C)CC2Cc3ccc([C@@H](C)O)nc3N12. The van der Waals surface area contributed by atoms with Gasteiger partial charge in [0.05, 0.1) is 17.8 Å². The fourth-order valence-electron chi connectivity index (χ4n) is 3.57. The third-order valence-electron chi connectivity index (χ3n) is 4.54. The number of nitrogens with zero attached hydrogens (tertiary/aromatic N) is 3. The number of piperazine rings is 1. The summed E-state index contributed by atoms with van der Waals surface area (Å²) in [5.41, 5.74) is 1.39. The van der Waals surface area contributed by atoms with Crippen molar-refractivity contribution in [3.63, 3.8) is 0 Å². The van der Waals surface area contributed by atoms with Crippen LogP contribution in [0.5, 0.6) is 0 Å². The number of fused-ring (bicyclic) bond motifs is 3. The van der Waals surface area contributed by atoms with Crippen molar-refractivity contribution in [1.29, 1.82) is 0 Å². The number of anilines is 1. The maximum atomic E-state index is 12.4. The summed E-state index contributed by atoms with van der Waals surface area (Å²) in [6, 6.07) is 4.31. The van der Waals surface area contributed by atoms with Crippen LogP contribution in [0.4, 0.5) is 10.6 Å². The first-order valence-corrected chi connectivity index (χ1v) is 8.60. The molecule has 2 aliphatic heterocycles. The Hall–Kier alpha value is -1.82. The standard InChI is InChI=1S/C18H27N3O3/c1-11-9-20(17(23)24-18(3,4)5)10-14-8-13-6-7-15(12(2)22)19-16(13)21(11)14/h6-7,11-12,14,22H,8-10H2,1-5H3/t11?,12-,14?/m1/s1. The zero-order chi connectivity index (χ0) is 17.6. The molecule has 0 aliphatic carbocycles. The molecule has 0 spiro atoms. The molecule has 0 aromatic carbocycles. The molecule has 1 aromatic heterocycles. The lowest BCUT2D eigenvalue weighted by atomic mass is 10.1. The van der Waals surface area contributed by atoms with Crippen LogP contribution >= 0.6 is 0 Å². The van der Waals surface area contributed by atoms with E-state index in [0.29, 0.717) is 18.8 Å². The Labute approximate surface area is 143 Å². The number of aliphatic hydroxyl groups excluding tert-OH is 1. The number of rotatable bonds is 1. The van der Waals surface area contributed by atoms with Crippen molar-refractivity contribution < 1.29 is 14.6 Å². The van der Waals surface area contributed by atoms with Gasteiger partial charge in [-0.1, -0.05) is 6.07 Å². The lowest BCUT2D eigenvalue weighted by Gasteiger charge is -2.43. The molecule has 1 fully saturated rings. The highest BCUT2D eigenvalue weighted by Crippen LogP contribution is 2.36. The predicted octanol–water partition coefficient (Wildman–Crippen LogP) is 2.51. The summed E-state index contributed by atoms with van der Waals surface area (Å²) < 4.78 is 5.52. The van der Waals surface area contributed by atoms with Gasteiger partial charge in [-0.05, 0) is 52.7 Å². The maximum absolute atomic E-state index is 12.4. The highest BCUT2D eigenvalue weighted by molar-refractivity contribution is 5.69. The summed E-state index contributed by atoms with van der Waals surface area (Å²) in [6.07, 6.45) is 0.0433. The van der Waals surface area contributed by atoms with E-state index >= 15 is 0 Å².